The molecule has 0 fully saturated rings. The molecule has 3 rings (SSSR count). The van der Waals surface area contributed by atoms with Crippen LogP contribution in [0, 0.1) is 0 Å². The van der Waals surface area contributed by atoms with E-state index in [1.165, 1.54) is 6.07 Å². The predicted octanol–water partition coefficient (Wildman–Crippen LogP) is 2.89. The van der Waals surface area contributed by atoms with Crippen LogP contribution in [-0.2, 0) is 10.0 Å². The van der Waals surface area contributed by atoms with Crippen LogP contribution < -0.4 is 5.14 Å². The third-order valence-corrected chi connectivity index (χ3v) is 4.76. The maximum absolute atomic E-state index is 11.4. The Bertz CT molecular complexity index is 769. The minimum Gasteiger partial charge on any atom is -0.225 e. The summed E-state index contributed by atoms with van der Waals surface area (Å²) in [4.78, 5) is 1.29. The Labute approximate surface area is 116 Å². The van der Waals surface area contributed by atoms with Crippen molar-refractivity contribution in [3.05, 3.63) is 63.4 Å². The van der Waals surface area contributed by atoms with Crippen LogP contribution in [0.2, 0.25) is 0 Å². The van der Waals surface area contributed by atoms with Crippen LogP contribution in [0.4, 0.5) is 0 Å². The van der Waals surface area contributed by atoms with E-state index in [0.29, 0.717) is 0 Å². The molecule has 0 saturated heterocycles. The van der Waals surface area contributed by atoms with Gasteiger partial charge in [0.25, 0.3) is 0 Å². The first kappa shape index (κ1) is 12.5. The SMILES string of the molecule is NS(=O)(=O)c1ccc2c(c1)C=CC1=CC=CSC1=C2. The molecule has 0 atom stereocenters. The summed E-state index contributed by atoms with van der Waals surface area (Å²) in [5, 5.41) is 7.17. The number of sulfonamides is 1. The Morgan fingerprint density at radius 2 is 1.95 bits per heavy atom. The summed E-state index contributed by atoms with van der Waals surface area (Å²) in [6, 6.07) is 4.93. The van der Waals surface area contributed by atoms with Gasteiger partial charge in [0, 0.05) is 4.91 Å². The molecule has 3 nitrogen and oxygen atoms in total. The monoisotopic (exact) mass is 289 g/mol. The molecule has 1 aliphatic heterocycles. The van der Waals surface area contributed by atoms with Crippen LogP contribution in [0.5, 0.6) is 0 Å². The van der Waals surface area contributed by atoms with E-state index in [9.17, 15) is 8.42 Å². The maximum Gasteiger partial charge on any atom is 0.238 e. The second kappa shape index (κ2) is 4.52. The molecule has 0 aromatic heterocycles. The molecule has 0 spiro atoms. The zero-order valence-corrected chi connectivity index (χ0v) is 11.5. The molecular formula is C14H11NO2S2. The lowest BCUT2D eigenvalue weighted by molar-refractivity contribution is 0.598. The van der Waals surface area contributed by atoms with Gasteiger partial charge in [0.2, 0.25) is 10.0 Å². The van der Waals surface area contributed by atoms with E-state index in [4.69, 9.17) is 5.14 Å². The minimum absolute atomic E-state index is 0.138. The molecule has 0 amide bonds. The van der Waals surface area contributed by atoms with Gasteiger partial charge in [-0.1, -0.05) is 42.1 Å². The van der Waals surface area contributed by atoms with Crippen molar-refractivity contribution >= 4 is 33.9 Å². The van der Waals surface area contributed by atoms with Gasteiger partial charge >= 0.3 is 0 Å². The number of rotatable bonds is 1. The van der Waals surface area contributed by atoms with Gasteiger partial charge in [0.1, 0.15) is 0 Å². The lowest BCUT2D eigenvalue weighted by Gasteiger charge is -2.07. The summed E-state index contributed by atoms with van der Waals surface area (Å²) in [5.41, 5.74) is 2.97. The highest BCUT2D eigenvalue weighted by Crippen LogP contribution is 2.35. The number of allylic oxidation sites excluding steroid dienone is 4. The fourth-order valence-corrected chi connectivity index (χ4v) is 3.31. The molecule has 2 aliphatic rings. The average molecular weight is 289 g/mol. The van der Waals surface area contributed by atoms with Crippen molar-refractivity contribution in [2.75, 3.05) is 0 Å². The standard InChI is InChI=1S/C14H11NO2S2/c15-19(16,17)13-6-5-12-9-14-10(2-1-7-18-14)3-4-11(12)8-13/h1-9H,(H2,15,16,17). The van der Waals surface area contributed by atoms with Crippen molar-refractivity contribution in [3.8, 4) is 0 Å². The third-order valence-electron chi connectivity index (χ3n) is 2.95. The van der Waals surface area contributed by atoms with Crippen LogP contribution in [0.25, 0.3) is 12.2 Å². The number of hydrogen-bond acceptors (Lipinski definition) is 3. The van der Waals surface area contributed by atoms with E-state index in [0.717, 1.165) is 21.6 Å². The topological polar surface area (TPSA) is 60.2 Å². The molecular weight excluding hydrogens is 278 g/mol. The maximum atomic E-state index is 11.4. The van der Waals surface area contributed by atoms with Crippen LogP contribution >= 0.6 is 11.8 Å². The van der Waals surface area contributed by atoms with Crippen molar-refractivity contribution in [2.24, 2.45) is 5.14 Å². The summed E-state index contributed by atoms with van der Waals surface area (Å²) < 4.78 is 22.7. The van der Waals surface area contributed by atoms with Gasteiger partial charge in [-0.3, -0.25) is 0 Å². The number of hydrogen-bond donors (Lipinski definition) is 1. The number of fused-ring (bicyclic) bond motifs is 2. The lowest BCUT2D eigenvalue weighted by Crippen LogP contribution is -2.12. The Morgan fingerprint density at radius 1 is 1.11 bits per heavy atom. The summed E-state index contributed by atoms with van der Waals surface area (Å²) in [5.74, 6) is 0. The van der Waals surface area contributed by atoms with Crippen LogP contribution in [-0.4, -0.2) is 8.42 Å². The van der Waals surface area contributed by atoms with Gasteiger partial charge < -0.3 is 0 Å². The second-order valence-electron chi connectivity index (χ2n) is 4.25. The Morgan fingerprint density at radius 3 is 2.74 bits per heavy atom. The van der Waals surface area contributed by atoms with Crippen LogP contribution in [0.1, 0.15) is 11.1 Å². The molecule has 0 bridgehead atoms. The first-order valence-electron chi connectivity index (χ1n) is 5.64. The van der Waals surface area contributed by atoms with Crippen molar-refractivity contribution < 1.29 is 8.42 Å². The van der Waals surface area contributed by atoms with Crippen molar-refractivity contribution in [1.29, 1.82) is 0 Å². The molecule has 19 heavy (non-hydrogen) atoms. The average Bonchev–Trinajstić information content (AvgIpc) is 2.55. The molecule has 1 heterocycles. The normalized spacial score (nSPS) is 17.1. The molecule has 96 valence electrons. The third kappa shape index (κ3) is 2.45. The zero-order valence-electron chi connectivity index (χ0n) is 9.91. The van der Waals surface area contributed by atoms with Gasteiger partial charge in [-0.2, -0.15) is 0 Å². The van der Waals surface area contributed by atoms with Gasteiger partial charge in [-0.15, -0.1) is 0 Å². The van der Waals surface area contributed by atoms with Gasteiger partial charge in [0.15, 0.2) is 0 Å². The highest BCUT2D eigenvalue weighted by atomic mass is 32.2. The van der Waals surface area contributed by atoms with Crippen molar-refractivity contribution in [3.63, 3.8) is 0 Å². The van der Waals surface area contributed by atoms with Gasteiger partial charge in [-0.05, 0) is 40.3 Å². The lowest BCUT2D eigenvalue weighted by atomic mass is 10.1. The van der Waals surface area contributed by atoms with Crippen LogP contribution in [0.3, 0.4) is 0 Å². The molecule has 1 aliphatic carbocycles. The van der Waals surface area contributed by atoms with Crippen molar-refractivity contribution in [1.82, 2.24) is 0 Å². The highest BCUT2D eigenvalue weighted by molar-refractivity contribution is 8.06. The van der Waals surface area contributed by atoms with Crippen molar-refractivity contribution in [2.45, 2.75) is 4.90 Å². The summed E-state index contributed by atoms with van der Waals surface area (Å²) in [6.07, 6.45) is 9.99. The fraction of sp³-hybridized carbons (Fsp3) is 0. The first-order valence-corrected chi connectivity index (χ1v) is 8.07. The molecule has 5 heteroatoms. The van der Waals surface area contributed by atoms with E-state index in [1.807, 2.05) is 29.7 Å². The Hall–Kier alpha value is -1.56. The highest BCUT2D eigenvalue weighted by Gasteiger charge is 2.13. The summed E-state index contributed by atoms with van der Waals surface area (Å²) >= 11 is 1.65. The Kier molecular flexibility index (Phi) is 2.97. The smallest absolute Gasteiger partial charge is 0.225 e. The van der Waals surface area contributed by atoms with Gasteiger partial charge in [0.05, 0.1) is 4.90 Å². The quantitative estimate of drug-likeness (QED) is 0.864. The number of benzene rings is 1. The fourth-order valence-electron chi connectivity index (χ4n) is 1.99. The number of primary sulfonamides is 1. The van der Waals surface area contributed by atoms with Gasteiger partial charge in [-0.25, -0.2) is 13.6 Å². The Balaban J connectivity index is 2.16. The van der Waals surface area contributed by atoms with E-state index in [1.54, 1.807) is 23.9 Å². The number of thioether (sulfide) groups is 1. The zero-order chi connectivity index (χ0) is 13.5. The molecule has 0 radical (unpaired) electrons. The first-order chi connectivity index (χ1) is 9.04. The minimum atomic E-state index is -3.66. The predicted molar refractivity (Wildman–Crippen MR) is 79.6 cm³/mol. The van der Waals surface area contributed by atoms with E-state index in [-0.39, 0.29) is 4.90 Å². The van der Waals surface area contributed by atoms with E-state index < -0.39 is 10.0 Å². The molecule has 2 N–H and O–H groups in total. The molecule has 1 aromatic carbocycles. The molecule has 1 aromatic rings. The van der Waals surface area contributed by atoms with E-state index >= 15 is 0 Å². The summed E-state index contributed by atoms with van der Waals surface area (Å²) in [7, 11) is -3.66. The molecule has 0 saturated carbocycles. The van der Waals surface area contributed by atoms with E-state index in [2.05, 4.69) is 6.08 Å². The largest absolute Gasteiger partial charge is 0.238 e. The molecule has 0 unspecified atom stereocenters. The van der Waals surface area contributed by atoms with Crippen LogP contribution in [0.15, 0.2) is 57.2 Å². The second-order valence-corrected chi connectivity index (χ2v) is 6.76. The summed E-state index contributed by atoms with van der Waals surface area (Å²) in [6.45, 7) is 0. The number of nitrogens with two attached hydrogens (primary N) is 1.